The predicted molar refractivity (Wildman–Crippen MR) is 84.9 cm³/mol. The zero-order valence-corrected chi connectivity index (χ0v) is 13.6. The average Bonchev–Trinajstić information content (AvgIpc) is 2.47. The molecule has 1 aromatic carbocycles. The molecule has 0 spiro atoms. The van der Waals surface area contributed by atoms with Gasteiger partial charge in [0.15, 0.2) is 0 Å². The molecule has 1 aliphatic rings. The Kier molecular flexibility index (Phi) is 5.23. The van der Waals surface area contributed by atoms with Crippen LogP contribution in [0.4, 0.5) is 0 Å². The Hall–Kier alpha value is -1.55. The first-order valence-electron chi connectivity index (χ1n) is 7.64. The van der Waals surface area contributed by atoms with Gasteiger partial charge in [0.05, 0.1) is 13.5 Å². The molecule has 4 heteroatoms. The van der Waals surface area contributed by atoms with E-state index in [1.807, 2.05) is 11.0 Å². The van der Waals surface area contributed by atoms with Crippen molar-refractivity contribution in [3.8, 4) is 5.75 Å². The highest BCUT2D eigenvalue weighted by Gasteiger charge is 2.20. The molecule has 1 amide bonds. The first-order valence-corrected chi connectivity index (χ1v) is 7.64. The van der Waals surface area contributed by atoms with Crippen LogP contribution in [0.25, 0.3) is 0 Å². The van der Waals surface area contributed by atoms with Crippen LogP contribution in [0.2, 0.25) is 0 Å². The predicted octanol–water partition coefficient (Wildman–Crippen LogP) is 2.14. The number of piperazine rings is 1. The maximum atomic E-state index is 12.5. The number of carbonyl (C=O) groups is 1. The fourth-order valence-corrected chi connectivity index (χ4v) is 2.63. The Bertz CT molecular complexity index is 492. The smallest absolute Gasteiger partial charge is 0.227 e. The van der Waals surface area contributed by atoms with Gasteiger partial charge in [-0.2, -0.15) is 0 Å². The van der Waals surface area contributed by atoms with Gasteiger partial charge in [0, 0.05) is 31.7 Å². The molecule has 1 fully saturated rings. The van der Waals surface area contributed by atoms with E-state index in [2.05, 4.69) is 37.9 Å². The van der Waals surface area contributed by atoms with E-state index in [9.17, 15) is 4.79 Å². The molecule has 1 heterocycles. The Balaban J connectivity index is 2.10. The van der Waals surface area contributed by atoms with Crippen LogP contribution >= 0.6 is 0 Å². The highest BCUT2D eigenvalue weighted by Crippen LogP contribution is 2.25. The van der Waals surface area contributed by atoms with Gasteiger partial charge in [-0.25, -0.2) is 0 Å². The molecule has 1 aromatic rings. The normalized spacial score (nSPS) is 16.3. The Morgan fingerprint density at radius 3 is 2.48 bits per heavy atom. The Morgan fingerprint density at radius 2 is 1.90 bits per heavy atom. The van der Waals surface area contributed by atoms with Crippen LogP contribution in [0.3, 0.4) is 0 Å². The van der Waals surface area contributed by atoms with Crippen LogP contribution in [0, 0.1) is 0 Å². The van der Waals surface area contributed by atoms with Gasteiger partial charge in [-0.05, 0) is 24.6 Å². The van der Waals surface area contributed by atoms with Gasteiger partial charge >= 0.3 is 0 Å². The number of likely N-dealkylation sites (N-methyl/N-ethyl adjacent to an activating group) is 1. The van der Waals surface area contributed by atoms with Crippen molar-refractivity contribution in [2.45, 2.75) is 26.2 Å². The Morgan fingerprint density at radius 1 is 1.24 bits per heavy atom. The number of rotatable bonds is 4. The molecule has 21 heavy (non-hydrogen) atoms. The van der Waals surface area contributed by atoms with Gasteiger partial charge in [-0.15, -0.1) is 0 Å². The number of hydrogen-bond donors (Lipinski definition) is 0. The Labute approximate surface area is 127 Å². The van der Waals surface area contributed by atoms with Crippen molar-refractivity contribution in [3.63, 3.8) is 0 Å². The van der Waals surface area contributed by atoms with Crippen LogP contribution in [0.5, 0.6) is 5.75 Å². The van der Waals surface area contributed by atoms with E-state index < -0.39 is 0 Å². The summed E-state index contributed by atoms with van der Waals surface area (Å²) in [7, 11) is 3.76. The van der Waals surface area contributed by atoms with Gasteiger partial charge in [0.2, 0.25) is 5.91 Å². The summed E-state index contributed by atoms with van der Waals surface area (Å²) in [6, 6.07) is 6.16. The molecule has 0 aliphatic carbocycles. The van der Waals surface area contributed by atoms with Crippen molar-refractivity contribution in [2.24, 2.45) is 0 Å². The molecule has 0 saturated carbocycles. The van der Waals surface area contributed by atoms with Crippen LogP contribution in [0.1, 0.15) is 30.9 Å². The van der Waals surface area contributed by atoms with Gasteiger partial charge in [-0.3, -0.25) is 4.79 Å². The molecule has 1 saturated heterocycles. The minimum absolute atomic E-state index is 0.197. The van der Waals surface area contributed by atoms with E-state index in [4.69, 9.17) is 4.74 Å². The number of nitrogens with zero attached hydrogens (tertiary/aromatic N) is 2. The second-order valence-corrected chi connectivity index (χ2v) is 6.09. The first kappa shape index (κ1) is 15.8. The van der Waals surface area contributed by atoms with Gasteiger partial charge < -0.3 is 14.5 Å². The molecule has 0 unspecified atom stereocenters. The number of amides is 1. The van der Waals surface area contributed by atoms with E-state index in [-0.39, 0.29) is 5.91 Å². The molecule has 4 nitrogen and oxygen atoms in total. The van der Waals surface area contributed by atoms with E-state index in [0.29, 0.717) is 12.3 Å². The lowest BCUT2D eigenvalue weighted by atomic mass is 9.98. The summed E-state index contributed by atoms with van der Waals surface area (Å²) in [5.41, 5.74) is 2.24. The molecule has 0 atom stereocenters. The number of carbonyl (C=O) groups excluding carboxylic acids is 1. The standard InChI is InChI=1S/C17H26N2O2/c1-13(2)14-5-6-16(21-4)15(11-14)12-17(20)19-9-7-18(3)8-10-19/h5-6,11,13H,7-10,12H2,1-4H3. The summed E-state index contributed by atoms with van der Waals surface area (Å²) < 4.78 is 5.41. The monoisotopic (exact) mass is 290 g/mol. The minimum atomic E-state index is 0.197. The molecule has 116 valence electrons. The molecule has 0 N–H and O–H groups in total. The largest absolute Gasteiger partial charge is 0.496 e. The number of benzene rings is 1. The molecular weight excluding hydrogens is 264 g/mol. The fraction of sp³-hybridized carbons (Fsp3) is 0.588. The van der Waals surface area contributed by atoms with Crippen molar-refractivity contribution < 1.29 is 9.53 Å². The average molecular weight is 290 g/mol. The quantitative estimate of drug-likeness (QED) is 0.851. The molecule has 0 aromatic heterocycles. The summed E-state index contributed by atoms with van der Waals surface area (Å²) >= 11 is 0. The second-order valence-electron chi connectivity index (χ2n) is 6.09. The van der Waals surface area contributed by atoms with Crippen molar-refractivity contribution in [3.05, 3.63) is 29.3 Å². The third-order valence-corrected chi connectivity index (χ3v) is 4.17. The third-order valence-electron chi connectivity index (χ3n) is 4.17. The van der Waals surface area contributed by atoms with E-state index in [1.54, 1.807) is 7.11 Å². The number of methoxy groups -OCH3 is 1. The zero-order chi connectivity index (χ0) is 15.4. The van der Waals surface area contributed by atoms with E-state index in [0.717, 1.165) is 37.5 Å². The van der Waals surface area contributed by atoms with Crippen molar-refractivity contribution in [2.75, 3.05) is 40.3 Å². The summed E-state index contributed by atoms with van der Waals surface area (Å²) in [4.78, 5) is 16.7. The molecule has 2 rings (SSSR count). The zero-order valence-electron chi connectivity index (χ0n) is 13.6. The number of ether oxygens (including phenoxy) is 1. The van der Waals surface area contributed by atoms with Crippen LogP contribution in [-0.4, -0.2) is 56.0 Å². The van der Waals surface area contributed by atoms with Gasteiger partial charge in [-0.1, -0.05) is 26.0 Å². The summed E-state index contributed by atoms with van der Waals surface area (Å²) in [6.07, 6.45) is 0.424. The van der Waals surface area contributed by atoms with Crippen molar-refractivity contribution in [1.29, 1.82) is 0 Å². The van der Waals surface area contributed by atoms with Crippen molar-refractivity contribution in [1.82, 2.24) is 9.80 Å². The van der Waals surface area contributed by atoms with E-state index >= 15 is 0 Å². The molecule has 1 aliphatic heterocycles. The SMILES string of the molecule is COc1ccc(C(C)C)cc1CC(=O)N1CCN(C)CC1. The maximum Gasteiger partial charge on any atom is 0.227 e. The summed E-state index contributed by atoms with van der Waals surface area (Å²) in [6.45, 7) is 7.87. The highest BCUT2D eigenvalue weighted by molar-refractivity contribution is 5.79. The highest BCUT2D eigenvalue weighted by atomic mass is 16.5. The second kappa shape index (κ2) is 6.94. The first-order chi connectivity index (χ1) is 10.0. The lowest BCUT2D eigenvalue weighted by Crippen LogP contribution is -2.47. The maximum absolute atomic E-state index is 12.5. The summed E-state index contributed by atoms with van der Waals surface area (Å²) in [5, 5.41) is 0. The van der Waals surface area contributed by atoms with Gasteiger partial charge in [0.25, 0.3) is 0 Å². The van der Waals surface area contributed by atoms with Crippen LogP contribution in [-0.2, 0) is 11.2 Å². The molecule has 0 bridgehead atoms. The van der Waals surface area contributed by atoms with Crippen molar-refractivity contribution >= 4 is 5.91 Å². The third kappa shape index (κ3) is 3.97. The summed E-state index contributed by atoms with van der Waals surface area (Å²) in [5.74, 6) is 1.46. The molecular formula is C17H26N2O2. The lowest BCUT2D eigenvalue weighted by Gasteiger charge is -2.32. The topological polar surface area (TPSA) is 32.8 Å². The van der Waals surface area contributed by atoms with E-state index in [1.165, 1.54) is 5.56 Å². The van der Waals surface area contributed by atoms with Gasteiger partial charge in [0.1, 0.15) is 5.75 Å². The fourth-order valence-electron chi connectivity index (χ4n) is 2.63. The van der Waals surface area contributed by atoms with Crippen LogP contribution in [0.15, 0.2) is 18.2 Å². The number of hydrogen-bond acceptors (Lipinski definition) is 3. The molecule has 0 radical (unpaired) electrons. The lowest BCUT2D eigenvalue weighted by molar-refractivity contribution is -0.132. The van der Waals surface area contributed by atoms with Crippen LogP contribution < -0.4 is 4.74 Å². The minimum Gasteiger partial charge on any atom is -0.496 e.